The summed E-state index contributed by atoms with van der Waals surface area (Å²) in [6.07, 6.45) is 0.160. The molecule has 1 unspecified atom stereocenters. The van der Waals surface area contributed by atoms with Crippen LogP contribution in [0.3, 0.4) is 0 Å². The maximum atomic E-state index is 9.53. The van der Waals surface area contributed by atoms with Crippen molar-refractivity contribution in [3.8, 4) is 5.75 Å². The number of ether oxygens (including phenoxy) is 1. The summed E-state index contributed by atoms with van der Waals surface area (Å²) in [5.41, 5.74) is 7.08. The lowest BCUT2D eigenvalue weighted by molar-refractivity contribution is 0.117. The number of anilines is 1. The van der Waals surface area contributed by atoms with Gasteiger partial charge in [0.2, 0.25) is 0 Å². The molecule has 1 rings (SSSR count). The van der Waals surface area contributed by atoms with Crippen molar-refractivity contribution in [1.29, 1.82) is 0 Å². The minimum atomic E-state index is 0.160. The predicted molar refractivity (Wildman–Crippen MR) is 60.7 cm³/mol. The molecule has 1 aromatic carbocycles. The highest BCUT2D eigenvalue weighted by molar-refractivity contribution is 5.47. The number of phenolic OH excluding ortho intramolecular Hbond substituents is 1. The summed E-state index contributed by atoms with van der Waals surface area (Å²) in [4.78, 5) is 0. The first kappa shape index (κ1) is 11.8. The summed E-state index contributed by atoms with van der Waals surface area (Å²) in [5, 5.41) is 12.7. The molecule has 0 amide bonds. The van der Waals surface area contributed by atoms with Crippen LogP contribution in [0.15, 0.2) is 18.2 Å². The molecule has 0 heterocycles. The molecule has 1 aromatic rings. The van der Waals surface area contributed by atoms with Crippen LogP contribution < -0.4 is 11.1 Å². The van der Waals surface area contributed by atoms with E-state index in [4.69, 9.17) is 10.5 Å². The maximum absolute atomic E-state index is 9.53. The van der Waals surface area contributed by atoms with Gasteiger partial charge in [-0.25, -0.2) is 0 Å². The van der Waals surface area contributed by atoms with E-state index in [1.165, 1.54) is 0 Å². The van der Waals surface area contributed by atoms with Gasteiger partial charge < -0.3 is 20.9 Å². The molecular weight excluding hydrogens is 192 g/mol. The topological polar surface area (TPSA) is 67.5 Å². The van der Waals surface area contributed by atoms with Gasteiger partial charge >= 0.3 is 0 Å². The highest BCUT2D eigenvalue weighted by Gasteiger charge is 2.02. The van der Waals surface area contributed by atoms with E-state index in [2.05, 4.69) is 5.32 Å². The fraction of sp³-hybridized carbons (Fsp3) is 0.455. The molecule has 15 heavy (non-hydrogen) atoms. The lowest BCUT2D eigenvalue weighted by Gasteiger charge is -2.11. The second-order valence-electron chi connectivity index (χ2n) is 3.57. The minimum Gasteiger partial charge on any atom is -0.508 e. The van der Waals surface area contributed by atoms with Crippen molar-refractivity contribution in [2.24, 2.45) is 0 Å². The molecule has 4 nitrogen and oxygen atoms in total. The van der Waals surface area contributed by atoms with E-state index in [0.29, 0.717) is 12.2 Å². The smallest absolute Gasteiger partial charge is 0.120 e. The van der Waals surface area contributed by atoms with Crippen LogP contribution in [0.4, 0.5) is 5.69 Å². The molecule has 0 radical (unpaired) electrons. The Morgan fingerprint density at radius 3 is 2.93 bits per heavy atom. The van der Waals surface area contributed by atoms with Gasteiger partial charge in [-0.3, -0.25) is 0 Å². The van der Waals surface area contributed by atoms with Gasteiger partial charge in [-0.1, -0.05) is 0 Å². The predicted octanol–water partition coefficient (Wildman–Crippen LogP) is 1.10. The lowest BCUT2D eigenvalue weighted by Crippen LogP contribution is -2.25. The maximum Gasteiger partial charge on any atom is 0.120 e. The Labute approximate surface area is 90.1 Å². The van der Waals surface area contributed by atoms with Gasteiger partial charge in [0.1, 0.15) is 5.75 Å². The van der Waals surface area contributed by atoms with Crippen molar-refractivity contribution < 1.29 is 9.84 Å². The Kier molecular flexibility index (Phi) is 4.39. The number of aromatic hydroxyl groups is 1. The van der Waals surface area contributed by atoms with E-state index < -0.39 is 0 Å². The lowest BCUT2D eigenvalue weighted by atomic mass is 10.2. The monoisotopic (exact) mass is 210 g/mol. The van der Waals surface area contributed by atoms with Crippen LogP contribution in [-0.4, -0.2) is 24.9 Å². The minimum absolute atomic E-state index is 0.160. The molecule has 0 saturated heterocycles. The van der Waals surface area contributed by atoms with Gasteiger partial charge in [-0.2, -0.15) is 0 Å². The SMILES string of the molecule is COC(C)CNCc1cc(N)ccc1O. The Hall–Kier alpha value is -1.26. The number of phenols is 1. The van der Waals surface area contributed by atoms with Gasteiger partial charge in [0.25, 0.3) is 0 Å². The van der Waals surface area contributed by atoms with Gasteiger partial charge in [-0.15, -0.1) is 0 Å². The van der Waals surface area contributed by atoms with Crippen LogP contribution in [0.1, 0.15) is 12.5 Å². The number of nitrogens with two attached hydrogens (primary N) is 1. The molecule has 84 valence electrons. The summed E-state index contributed by atoms with van der Waals surface area (Å²) in [7, 11) is 1.67. The highest BCUT2D eigenvalue weighted by Crippen LogP contribution is 2.19. The Balaban J connectivity index is 2.46. The van der Waals surface area contributed by atoms with Crippen molar-refractivity contribution in [2.45, 2.75) is 19.6 Å². The van der Waals surface area contributed by atoms with Crippen LogP contribution >= 0.6 is 0 Å². The van der Waals surface area contributed by atoms with Crippen molar-refractivity contribution >= 4 is 5.69 Å². The van der Waals surface area contributed by atoms with Crippen molar-refractivity contribution in [2.75, 3.05) is 19.4 Å². The third-order valence-electron chi connectivity index (χ3n) is 2.25. The van der Waals surface area contributed by atoms with E-state index in [0.717, 1.165) is 12.1 Å². The molecule has 0 aromatic heterocycles. The number of methoxy groups -OCH3 is 1. The summed E-state index contributed by atoms with van der Waals surface area (Å²) in [5.74, 6) is 0.266. The average molecular weight is 210 g/mol. The van der Waals surface area contributed by atoms with Crippen molar-refractivity contribution in [3.05, 3.63) is 23.8 Å². The summed E-state index contributed by atoms with van der Waals surface area (Å²) in [6, 6.07) is 5.04. The van der Waals surface area contributed by atoms with Crippen molar-refractivity contribution in [1.82, 2.24) is 5.32 Å². The molecular formula is C11H18N2O2. The van der Waals surface area contributed by atoms with E-state index >= 15 is 0 Å². The Morgan fingerprint density at radius 1 is 1.53 bits per heavy atom. The third-order valence-corrected chi connectivity index (χ3v) is 2.25. The first-order valence-corrected chi connectivity index (χ1v) is 4.94. The molecule has 4 N–H and O–H groups in total. The van der Waals surface area contributed by atoms with Crippen LogP contribution in [0.25, 0.3) is 0 Å². The van der Waals surface area contributed by atoms with Crippen molar-refractivity contribution in [3.63, 3.8) is 0 Å². The van der Waals surface area contributed by atoms with Crippen LogP contribution in [0.5, 0.6) is 5.75 Å². The molecule has 0 aliphatic heterocycles. The summed E-state index contributed by atoms with van der Waals surface area (Å²) in [6.45, 7) is 3.31. The number of nitrogens with one attached hydrogen (secondary N) is 1. The van der Waals surface area contributed by atoms with Gasteiger partial charge in [-0.05, 0) is 25.1 Å². The normalized spacial score (nSPS) is 12.7. The molecule has 0 saturated carbocycles. The zero-order valence-electron chi connectivity index (χ0n) is 9.16. The number of rotatable bonds is 5. The molecule has 0 aliphatic rings. The molecule has 0 bridgehead atoms. The second kappa shape index (κ2) is 5.58. The Morgan fingerprint density at radius 2 is 2.27 bits per heavy atom. The Bertz CT molecular complexity index is 315. The molecule has 0 spiro atoms. The molecule has 0 aliphatic carbocycles. The van der Waals surface area contributed by atoms with Crippen LogP contribution in [0.2, 0.25) is 0 Å². The first-order valence-electron chi connectivity index (χ1n) is 4.94. The fourth-order valence-corrected chi connectivity index (χ4v) is 1.24. The number of hydrogen-bond donors (Lipinski definition) is 3. The quantitative estimate of drug-likeness (QED) is 0.503. The van der Waals surface area contributed by atoms with Gasteiger partial charge in [0.05, 0.1) is 6.10 Å². The van der Waals surface area contributed by atoms with E-state index in [1.54, 1.807) is 25.3 Å². The first-order chi connectivity index (χ1) is 7.13. The largest absolute Gasteiger partial charge is 0.508 e. The number of hydrogen-bond acceptors (Lipinski definition) is 4. The third kappa shape index (κ3) is 3.77. The standard InChI is InChI=1S/C11H18N2O2/c1-8(15-2)6-13-7-9-5-10(12)3-4-11(9)14/h3-5,8,13-14H,6-7,12H2,1-2H3. The van der Waals surface area contributed by atoms with Crippen LogP contribution in [-0.2, 0) is 11.3 Å². The highest BCUT2D eigenvalue weighted by atomic mass is 16.5. The molecule has 4 heteroatoms. The van der Waals surface area contributed by atoms with E-state index in [1.807, 2.05) is 6.92 Å². The molecule has 1 atom stereocenters. The van der Waals surface area contributed by atoms with Gasteiger partial charge in [0.15, 0.2) is 0 Å². The number of nitrogen functional groups attached to an aromatic ring is 1. The molecule has 0 fully saturated rings. The van der Waals surface area contributed by atoms with Gasteiger partial charge in [0, 0.05) is 31.5 Å². The zero-order chi connectivity index (χ0) is 11.3. The average Bonchev–Trinajstić information content (AvgIpc) is 2.23. The fourth-order valence-electron chi connectivity index (χ4n) is 1.24. The number of benzene rings is 1. The second-order valence-corrected chi connectivity index (χ2v) is 3.57. The van der Waals surface area contributed by atoms with E-state index in [-0.39, 0.29) is 11.9 Å². The zero-order valence-corrected chi connectivity index (χ0v) is 9.16. The van der Waals surface area contributed by atoms with Crippen LogP contribution in [0, 0.1) is 0 Å². The van der Waals surface area contributed by atoms with E-state index in [9.17, 15) is 5.11 Å². The summed E-state index contributed by atoms with van der Waals surface area (Å²) < 4.78 is 5.09. The summed E-state index contributed by atoms with van der Waals surface area (Å²) >= 11 is 0.